The van der Waals surface area contributed by atoms with Gasteiger partial charge in [-0.05, 0) is 13.0 Å². The summed E-state index contributed by atoms with van der Waals surface area (Å²) in [5, 5.41) is 9.82. The van der Waals surface area contributed by atoms with Crippen molar-refractivity contribution in [2.75, 3.05) is 0 Å². The molecular formula is C16H16O8. The summed E-state index contributed by atoms with van der Waals surface area (Å²) >= 11 is 0. The van der Waals surface area contributed by atoms with E-state index in [0.29, 0.717) is 0 Å². The molecule has 0 radical (unpaired) electrons. The molecule has 1 saturated carbocycles. The first-order valence-electron chi connectivity index (χ1n) is 7.45. The van der Waals surface area contributed by atoms with Crippen molar-refractivity contribution in [2.45, 2.75) is 44.2 Å². The van der Waals surface area contributed by atoms with Crippen molar-refractivity contribution in [1.82, 2.24) is 0 Å². The summed E-state index contributed by atoms with van der Waals surface area (Å²) in [4.78, 5) is 35.7. The van der Waals surface area contributed by atoms with Gasteiger partial charge in [-0.3, -0.25) is 0 Å². The Morgan fingerprint density at radius 2 is 1.38 bits per heavy atom. The van der Waals surface area contributed by atoms with Gasteiger partial charge in [-0.15, -0.1) is 0 Å². The van der Waals surface area contributed by atoms with E-state index >= 15 is 0 Å². The second-order valence-corrected chi connectivity index (χ2v) is 5.72. The molecule has 0 amide bonds. The summed E-state index contributed by atoms with van der Waals surface area (Å²) in [6, 6.07) is 0. The minimum absolute atomic E-state index is 0.0749. The van der Waals surface area contributed by atoms with Gasteiger partial charge in [0, 0.05) is 25.7 Å². The maximum Gasteiger partial charge on any atom is 0.348 e. The fourth-order valence-corrected chi connectivity index (χ4v) is 2.94. The van der Waals surface area contributed by atoms with E-state index in [2.05, 4.69) is 6.58 Å². The molecule has 3 rings (SSSR count). The van der Waals surface area contributed by atoms with Crippen LogP contribution in [0.1, 0.15) is 32.6 Å². The summed E-state index contributed by atoms with van der Waals surface area (Å²) < 4.78 is 21.2. The number of esters is 3. The monoisotopic (exact) mass is 336 g/mol. The zero-order valence-corrected chi connectivity index (χ0v) is 13.0. The summed E-state index contributed by atoms with van der Waals surface area (Å²) in [7, 11) is 0. The van der Waals surface area contributed by atoms with Gasteiger partial charge < -0.3 is 24.1 Å². The molecule has 0 aromatic rings. The molecule has 24 heavy (non-hydrogen) atoms. The van der Waals surface area contributed by atoms with Crippen LogP contribution in [0.5, 0.6) is 0 Å². The predicted octanol–water partition coefficient (Wildman–Crippen LogP) is 1.53. The third-order valence-electron chi connectivity index (χ3n) is 4.28. The van der Waals surface area contributed by atoms with Crippen LogP contribution in [0.4, 0.5) is 0 Å². The molecule has 0 aromatic heterocycles. The molecule has 3 aliphatic rings. The first kappa shape index (κ1) is 16.1. The van der Waals surface area contributed by atoms with Crippen molar-refractivity contribution in [3.8, 4) is 0 Å². The van der Waals surface area contributed by atoms with Crippen molar-refractivity contribution in [1.29, 1.82) is 0 Å². The molecule has 1 aliphatic carbocycles. The Labute approximate surface area is 137 Å². The number of aliphatic hydroxyl groups is 1. The van der Waals surface area contributed by atoms with E-state index in [1.165, 1.54) is 13.0 Å². The second kappa shape index (κ2) is 5.40. The average molecular weight is 336 g/mol. The lowest BCUT2D eigenvalue weighted by molar-refractivity contribution is -0.297. The maximum absolute atomic E-state index is 11.9. The number of ether oxygens (including phenoxy) is 4. The van der Waals surface area contributed by atoms with Gasteiger partial charge in [0.1, 0.15) is 11.1 Å². The number of aliphatic hydroxyl groups excluding tert-OH is 1. The average Bonchev–Trinajstić information content (AvgIpc) is 2.50. The van der Waals surface area contributed by atoms with E-state index in [1.54, 1.807) is 0 Å². The molecule has 128 valence electrons. The van der Waals surface area contributed by atoms with Gasteiger partial charge in [-0.2, -0.15) is 0 Å². The highest BCUT2D eigenvalue weighted by Gasteiger charge is 2.55. The summed E-state index contributed by atoms with van der Waals surface area (Å²) in [5.74, 6) is -5.59. The molecule has 8 nitrogen and oxygen atoms in total. The minimum atomic E-state index is -1.40. The molecule has 1 saturated heterocycles. The standard InChI is InChI=1S/C16H16O8/c1-3-9-11(17)21-15(22-12(9)18)5-7-16(8-6-15)23-13(19)10(4-2)14(20)24-16/h3-4,17H,1,5-8H2,2H3. The molecule has 2 aliphatic heterocycles. The summed E-state index contributed by atoms with van der Waals surface area (Å²) in [6.07, 6.45) is 2.78. The van der Waals surface area contributed by atoms with Gasteiger partial charge in [0.15, 0.2) is 0 Å². The number of carbonyl (C=O) groups excluding carboxylic acids is 3. The Morgan fingerprint density at radius 3 is 1.79 bits per heavy atom. The fourth-order valence-electron chi connectivity index (χ4n) is 2.94. The van der Waals surface area contributed by atoms with E-state index in [9.17, 15) is 19.5 Å². The van der Waals surface area contributed by atoms with Gasteiger partial charge in [-0.25, -0.2) is 14.4 Å². The lowest BCUT2D eigenvalue weighted by atomic mass is 9.87. The molecule has 0 aromatic carbocycles. The number of carbonyl (C=O) groups is 3. The topological polar surface area (TPSA) is 108 Å². The van der Waals surface area contributed by atoms with Crippen LogP contribution in [-0.2, 0) is 33.3 Å². The van der Waals surface area contributed by atoms with Crippen LogP contribution in [0, 0.1) is 0 Å². The Morgan fingerprint density at radius 1 is 0.917 bits per heavy atom. The Hall–Kier alpha value is -2.77. The van der Waals surface area contributed by atoms with Crippen LogP contribution in [0.25, 0.3) is 0 Å². The van der Waals surface area contributed by atoms with Crippen molar-refractivity contribution in [3.63, 3.8) is 0 Å². The van der Waals surface area contributed by atoms with Crippen LogP contribution < -0.4 is 0 Å². The molecule has 0 atom stereocenters. The van der Waals surface area contributed by atoms with E-state index in [-0.39, 0.29) is 36.8 Å². The van der Waals surface area contributed by atoms with Gasteiger partial charge in [0.05, 0.1) is 0 Å². The molecule has 2 fully saturated rings. The van der Waals surface area contributed by atoms with Crippen LogP contribution in [-0.4, -0.2) is 34.6 Å². The van der Waals surface area contributed by atoms with Gasteiger partial charge in [0.2, 0.25) is 0 Å². The predicted molar refractivity (Wildman–Crippen MR) is 76.9 cm³/mol. The third-order valence-corrected chi connectivity index (χ3v) is 4.28. The quantitative estimate of drug-likeness (QED) is 0.436. The van der Waals surface area contributed by atoms with Crippen molar-refractivity contribution >= 4 is 17.9 Å². The Kier molecular flexibility index (Phi) is 3.62. The number of hydrogen-bond donors (Lipinski definition) is 1. The number of hydrogen-bond acceptors (Lipinski definition) is 8. The largest absolute Gasteiger partial charge is 0.480 e. The number of rotatable bonds is 1. The molecule has 1 N–H and O–H groups in total. The van der Waals surface area contributed by atoms with Gasteiger partial charge in [0.25, 0.3) is 17.5 Å². The number of allylic oxidation sites excluding steroid dienone is 1. The van der Waals surface area contributed by atoms with E-state index in [4.69, 9.17) is 18.9 Å². The zero-order valence-electron chi connectivity index (χ0n) is 13.0. The lowest BCUT2D eigenvalue weighted by Crippen LogP contribution is -2.54. The van der Waals surface area contributed by atoms with Crippen LogP contribution >= 0.6 is 0 Å². The highest BCUT2D eigenvalue weighted by molar-refractivity contribution is 6.15. The molecule has 0 bridgehead atoms. The van der Waals surface area contributed by atoms with E-state index < -0.39 is 35.4 Å². The van der Waals surface area contributed by atoms with E-state index in [0.717, 1.165) is 6.08 Å². The molecular weight excluding hydrogens is 320 g/mol. The first-order valence-corrected chi connectivity index (χ1v) is 7.45. The molecule has 2 spiro atoms. The normalized spacial score (nSPS) is 32.9. The van der Waals surface area contributed by atoms with Crippen LogP contribution in [0.15, 0.2) is 35.8 Å². The zero-order chi connectivity index (χ0) is 17.5. The van der Waals surface area contributed by atoms with Gasteiger partial charge >= 0.3 is 17.9 Å². The van der Waals surface area contributed by atoms with E-state index in [1.807, 2.05) is 0 Å². The van der Waals surface area contributed by atoms with Gasteiger partial charge in [-0.1, -0.05) is 12.7 Å². The molecule has 2 heterocycles. The molecule has 0 unspecified atom stereocenters. The summed E-state index contributed by atoms with van der Waals surface area (Å²) in [5.41, 5.74) is -0.313. The highest BCUT2D eigenvalue weighted by atomic mass is 16.8. The molecule has 8 heteroatoms. The minimum Gasteiger partial charge on any atom is -0.480 e. The van der Waals surface area contributed by atoms with Crippen molar-refractivity contribution < 1.29 is 38.4 Å². The second-order valence-electron chi connectivity index (χ2n) is 5.72. The fraction of sp³-hybridized carbons (Fsp3) is 0.438. The smallest absolute Gasteiger partial charge is 0.348 e. The van der Waals surface area contributed by atoms with Crippen molar-refractivity contribution in [2.24, 2.45) is 0 Å². The summed E-state index contributed by atoms with van der Waals surface area (Å²) in [6.45, 7) is 4.93. The van der Waals surface area contributed by atoms with Crippen LogP contribution in [0.3, 0.4) is 0 Å². The Bertz CT molecular complexity index is 669. The first-order chi connectivity index (χ1) is 11.3. The Balaban J connectivity index is 1.76. The van der Waals surface area contributed by atoms with Crippen molar-refractivity contribution in [3.05, 3.63) is 35.8 Å². The highest BCUT2D eigenvalue weighted by Crippen LogP contribution is 2.45. The lowest BCUT2D eigenvalue weighted by Gasteiger charge is -2.46. The third kappa shape index (κ3) is 2.44. The van der Waals surface area contributed by atoms with Crippen LogP contribution in [0.2, 0.25) is 0 Å². The SMILES string of the molecule is C=CC1=C(O)OC2(CCC3(CC2)OC(=O)C(=CC)C(=O)O3)OC1=O. The maximum atomic E-state index is 11.9.